The van der Waals surface area contributed by atoms with E-state index < -0.39 is 0 Å². The summed E-state index contributed by atoms with van der Waals surface area (Å²) in [5.74, 6) is -0.374. The zero-order chi connectivity index (χ0) is 26.4. The number of primary amides is 1. The van der Waals surface area contributed by atoms with Gasteiger partial charge in [0.05, 0.1) is 12.6 Å². The Bertz CT molecular complexity index is 679. The molecule has 2 aliphatic heterocycles. The topological polar surface area (TPSA) is 142 Å². The van der Waals surface area contributed by atoms with E-state index in [0.29, 0.717) is 19.5 Å². The van der Waals surface area contributed by atoms with Gasteiger partial charge in [0.15, 0.2) is 0 Å². The van der Waals surface area contributed by atoms with E-state index in [-0.39, 0.29) is 42.7 Å². The number of likely N-dealkylation sites (tertiary alicyclic amines) is 1. The summed E-state index contributed by atoms with van der Waals surface area (Å²) in [6, 6.07) is 10.1. The lowest BCUT2D eigenvalue weighted by Gasteiger charge is -2.17. The molecule has 0 aromatic heterocycles. The second-order valence-electron chi connectivity index (χ2n) is 7.29. The van der Waals surface area contributed by atoms with E-state index in [2.05, 4.69) is 29.7 Å². The van der Waals surface area contributed by atoms with Crippen LogP contribution < -0.4 is 16.4 Å². The van der Waals surface area contributed by atoms with Gasteiger partial charge in [-0.05, 0) is 38.6 Å². The molecule has 0 saturated carbocycles. The van der Waals surface area contributed by atoms with Crippen LogP contribution in [0.4, 0.5) is 0 Å². The van der Waals surface area contributed by atoms with Gasteiger partial charge in [0.1, 0.15) is 0 Å². The molecule has 2 saturated heterocycles. The fraction of sp³-hybridized carbons (Fsp3) is 0.600. The summed E-state index contributed by atoms with van der Waals surface area (Å²) in [5, 5.41) is 12.7. The standard InChI is InChI=1S/C13H22N4O3.C7H8.2C2H6.CH2O2/c14-11(18)6-9-3-5-17(8-9)12(19)7-16-13(20)10-2-1-4-15-10;1-7-5-3-2-4-6-7;2*1-2;2-1-3/h9-10,15H,1-8H2,(H2,14,18)(H,16,20);2-6H,1H3;2*1-2H3;1H,(H,2,3)/t9-,10?;;;;/m0..../s1. The van der Waals surface area contributed by atoms with Gasteiger partial charge in [0.2, 0.25) is 17.7 Å². The minimum absolute atomic E-state index is 0.0281. The Balaban J connectivity index is 0. The first-order chi connectivity index (χ1) is 16.4. The number of nitrogens with zero attached hydrogens (tertiary/aromatic N) is 1. The molecule has 2 aliphatic rings. The molecule has 2 atom stereocenters. The molecule has 3 amide bonds. The highest BCUT2D eigenvalue weighted by Gasteiger charge is 2.28. The maximum atomic E-state index is 12.0. The number of amides is 3. The summed E-state index contributed by atoms with van der Waals surface area (Å²) < 4.78 is 0. The molecule has 0 radical (unpaired) electrons. The van der Waals surface area contributed by atoms with E-state index in [0.717, 1.165) is 25.8 Å². The molecule has 1 aromatic rings. The number of rotatable bonds is 5. The number of carbonyl (C=O) groups is 4. The van der Waals surface area contributed by atoms with Crippen LogP contribution in [0.1, 0.15) is 58.9 Å². The third-order valence-corrected chi connectivity index (χ3v) is 4.86. The third-order valence-electron chi connectivity index (χ3n) is 4.86. The number of aryl methyl sites for hydroxylation is 1. The Kier molecular flexibility index (Phi) is 21.4. The van der Waals surface area contributed by atoms with Gasteiger partial charge in [0, 0.05) is 19.5 Å². The number of carbonyl (C=O) groups excluding carboxylic acids is 3. The lowest BCUT2D eigenvalue weighted by Crippen LogP contribution is -2.45. The van der Waals surface area contributed by atoms with Crippen molar-refractivity contribution in [1.29, 1.82) is 0 Å². The SMILES string of the molecule is CC.CC.Cc1ccccc1.NC(=O)C[C@@H]1CCN(C(=O)CNC(=O)C2CCCN2)C1.O=CO. The highest BCUT2D eigenvalue weighted by atomic mass is 16.3. The van der Waals surface area contributed by atoms with Gasteiger partial charge >= 0.3 is 0 Å². The summed E-state index contributed by atoms with van der Waals surface area (Å²) in [4.78, 5) is 44.6. The predicted octanol–water partition coefficient (Wildman–Crippen LogP) is 2.33. The maximum absolute atomic E-state index is 12.0. The van der Waals surface area contributed by atoms with Crippen LogP contribution in [0.5, 0.6) is 0 Å². The van der Waals surface area contributed by atoms with E-state index in [9.17, 15) is 14.4 Å². The minimum atomic E-state index is -0.329. The molecule has 1 unspecified atom stereocenters. The van der Waals surface area contributed by atoms with Crippen LogP contribution in [0.3, 0.4) is 0 Å². The van der Waals surface area contributed by atoms with Crippen molar-refractivity contribution in [2.45, 2.75) is 66.3 Å². The quantitative estimate of drug-likeness (QED) is 0.477. The zero-order valence-corrected chi connectivity index (χ0v) is 21.4. The van der Waals surface area contributed by atoms with Crippen LogP contribution in [0.15, 0.2) is 30.3 Å². The maximum Gasteiger partial charge on any atom is 0.290 e. The molecule has 5 N–H and O–H groups in total. The molecule has 2 fully saturated rings. The number of carboxylic acid groups (broad SMARTS) is 1. The highest BCUT2D eigenvalue weighted by Crippen LogP contribution is 2.19. The van der Waals surface area contributed by atoms with E-state index in [1.807, 2.05) is 45.9 Å². The Morgan fingerprint density at radius 3 is 2.18 bits per heavy atom. The monoisotopic (exact) mass is 480 g/mol. The third kappa shape index (κ3) is 15.8. The first-order valence-corrected chi connectivity index (χ1v) is 12.0. The number of benzene rings is 1. The molecule has 2 heterocycles. The number of nitrogens with one attached hydrogen (secondary N) is 2. The van der Waals surface area contributed by atoms with Crippen LogP contribution in [0.2, 0.25) is 0 Å². The average Bonchev–Trinajstić information content (AvgIpc) is 3.54. The van der Waals surface area contributed by atoms with Crippen molar-refractivity contribution in [3.63, 3.8) is 0 Å². The van der Waals surface area contributed by atoms with Crippen LogP contribution >= 0.6 is 0 Å². The normalized spacial score (nSPS) is 17.6. The molecule has 3 rings (SSSR count). The zero-order valence-electron chi connectivity index (χ0n) is 21.4. The van der Waals surface area contributed by atoms with Crippen molar-refractivity contribution in [2.75, 3.05) is 26.2 Å². The molecular weight excluding hydrogens is 436 g/mol. The van der Waals surface area contributed by atoms with E-state index in [1.165, 1.54) is 5.56 Å². The summed E-state index contributed by atoms with van der Waals surface area (Å²) in [7, 11) is 0. The molecule has 34 heavy (non-hydrogen) atoms. The first-order valence-electron chi connectivity index (χ1n) is 12.0. The van der Waals surface area contributed by atoms with Crippen LogP contribution in [0.25, 0.3) is 0 Å². The van der Waals surface area contributed by atoms with E-state index >= 15 is 0 Å². The van der Waals surface area contributed by atoms with Crippen molar-refractivity contribution < 1.29 is 24.3 Å². The summed E-state index contributed by atoms with van der Waals surface area (Å²) >= 11 is 0. The van der Waals surface area contributed by atoms with E-state index in [4.69, 9.17) is 15.6 Å². The van der Waals surface area contributed by atoms with Crippen molar-refractivity contribution in [3.05, 3.63) is 35.9 Å². The second-order valence-corrected chi connectivity index (χ2v) is 7.29. The van der Waals surface area contributed by atoms with Gasteiger partial charge in [-0.3, -0.25) is 19.2 Å². The highest BCUT2D eigenvalue weighted by molar-refractivity contribution is 5.87. The summed E-state index contributed by atoms with van der Waals surface area (Å²) in [5.41, 5.74) is 6.48. The van der Waals surface area contributed by atoms with Crippen molar-refractivity contribution in [1.82, 2.24) is 15.5 Å². The number of nitrogens with two attached hydrogens (primary N) is 1. The smallest absolute Gasteiger partial charge is 0.290 e. The van der Waals surface area contributed by atoms with Crippen LogP contribution in [-0.2, 0) is 19.2 Å². The largest absolute Gasteiger partial charge is 0.483 e. The summed E-state index contributed by atoms with van der Waals surface area (Å²) in [6.07, 6.45) is 2.94. The molecule has 1 aromatic carbocycles. The van der Waals surface area contributed by atoms with Crippen molar-refractivity contribution in [2.24, 2.45) is 11.7 Å². The molecule has 194 valence electrons. The molecular formula is C25H44N4O5. The molecule has 9 heteroatoms. The summed E-state index contributed by atoms with van der Waals surface area (Å²) in [6.45, 7) is 11.9. The number of hydrogen-bond donors (Lipinski definition) is 4. The van der Waals surface area contributed by atoms with Gasteiger partial charge in [-0.2, -0.15) is 0 Å². The van der Waals surface area contributed by atoms with Gasteiger partial charge in [-0.1, -0.05) is 63.6 Å². The lowest BCUT2D eigenvalue weighted by molar-refractivity contribution is -0.132. The second kappa shape index (κ2) is 21.9. The van der Waals surface area contributed by atoms with Crippen molar-refractivity contribution in [3.8, 4) is 0 Å². The lowest BCUT2D eigenvalue weighted by atomic mass is 10.1. The Morgan fingerprint density at radius 1 is 1.15 bits per heavy atom. The fourth-order valence-electron chi connectivity index (χ4n) is 3.35. The average molecular weight is 481 g/mol. The molecule has 9 nitrogen and oxygen atoms in total. The van der Waals surface area contributed by atoms with Gasteiger partial charge in [0.25, 0.3) is 6.47 Å². The van der Waals surface area contributed by atoms with Gasteiger partial charge in [-0.25, -0.2) is 0 Å². The van der Waals surface area contributed by atoms with Crippen LogP contribution in [-0.4, -0.2) is 66.4 Å². The van der Waals surface area contributed by atoms with Crippen molar-refractivity contribution >= 4 is 24.2 Å². The fourth-order valence-corrected chi connectivity index (χ4v) is 3.35. The van der Waals surface area contributed by atoms with Gasteiger partial charge < -0.3 is 26.4 Å². The Morgan fingerprint density at radius 2 is 1.74 bits per heavy atom. The first kappa shape index (κ1) is 33.2. The van der Waals surface area contributed by atoms with E-state index in [1.54, 1.807) is 4.90 Å². The Labute approximate surface area is 204 Å². The number of hydrogen-bond acceptors (Lipinski definition) is 5. The molecule has 0 aliphatic carbocycles. The van der Waals surface area contributed by atoms with Crippen LogP contribution in [0, 0.1) is 12.8 Å². The minimum Gasteiger partial charge on any atom is -0.483 e. The molecule has 0 bridgehead atoms. The predicted molar refractivity (Wildman–Crippen MR) is 135 cm³/mol. The Hall–Kier alpha value is -2.94. The molecule has 0 spiro atoms. The van der Waals surface area contributed by atoms with Gasteiger partial charge in [-0.15, -0.1) is 0 Å².